The number of aromatic nitrogens is 2. The van der Waals surface area contributed by atoms with E-state index in [2.05, 4.69) is 26.2 Å². The van der Waals surface area contributed by atoms with Gasteiger partial charge in [0.2, 0.25) is 0 Å². The average molecular weight is 376 g/mol. The topological polar surface area (TPSA) is 46.9 Å². The number of halogens is 2. The van der Waals surface area contributed by atoms with E-state index in [1.807, 2.05) is 35.8 Å². The van der Waals surface area contributed by atoms with E-state index in [4.69, 9.17) is 0 Å². The van der Waals surface area contributed by atoms with Crippen molar-refractivity contribution in [3.8, 4) is 0 Å². The van der Waals surface area contributed by atoms with Crippen molar-refractivity contribution in [2.75, 3.05) is 0 Å². The molecule has 0 aliphatic rings. The number of hydrogen-bond acceptors (Lipinski definition) is 2. The Balaban J connectivity index is 1.81. The molecule has 23 heavy (non-hydrogen) atoms. The number of nitrogens with one attached hydrogen (secondary N) is 1. The number of nitrogens with zero attached hydrogens (tertiary/aromatic N) is 2. The molecule has 0 aliphatic carbocycles. The molecule has 1 N–H and O–H groups in total. The highest BCUT2D eigenvalue weighted by Gasteiger charge is 2.14. The molecule has 0 spiro atoms. The third kappa shape index (κ3) is 3.12. The molecular weight excluding hydrogens is 361 g/mol. The molecule has 2 aromatic carbocycles. The Hall–Kier alpha value is -2.21. The fourth-order valence-corrected chi connectivity index (χ4v) is 2.87. The fourth-order valence-electron chi connectivity index (χ4n) is 2.54. The van der Waals surface area contributed by atoms with Gasteiger partial charge in [0.05, 0.1) is 23.1 Å². The van der Waals surface area contributed by atoms with Crippen LogP contribution in [-0.2, 0) is 13.1 Å². The van der Waals surface area contributed by atoms with Gasteiger partial charge in [-0.3, -0.25) is 4.79 Å². The van der Waals surface area contributed by atoms with Gasteiger partial charge in [0.25, 0.3) is 5.91 Å². The molecule has 0 fully saturated rings. The Morgan fingerprint density at radius 1 is 1.30 bits per heavy atom. The lowest BCUT2D eigenvalue weighted by atomic mass is 10.2. The first-order valence-corrected chi connectivity index (χ1v) is 8.07. The van der Waals surface area contributed by atoms with Gasteiger partial charge in [-0.15, -0.1) is 0 Å². The number of carbonyl (C=O) groups excluding carboxylic acids is 1. The maximum atomic E-state index is 13.8. The Morgan fingerprint density at radius 2 is 2.09 bits per heavy atom. The van der Waals surface area contributed by atoms with Crippen molar-refractivity contribution >= 4 is 32.9 Å². The zero-order valence-corrected chi connectivity index (χ0v) is 14.1. The number of benzene rings is 2. The van der Waals surface area contributed by atoms with Crippen molar-refractivity contribution < 1.29 is 9.18 Å². The van der Waals surface area contributed by atoms with Gasteiger partial charge >= 0.3 is 0 Å². The molecule has 1 heterocycles. The average Bonchev–Trinajstić information content (AvgIpc) is 2.90. The molecule has 3 aromatic rings. The predicted molar refractivity (Wildman–Crippen MR) is 90.7 cm³/mol. The highest BCUT2D eigenvalue weighted by atomic mass is 79.9. The van der Waals surface area contributed by atoms with Crippen LogP contribution in [0.1, 0.15) is 23.1 Å². The summed E-state index contributed by atoms with van der Waals surface area (Å²) >= 11 is 3.17. The van der Waals surface area contributed by atoms with Crippen molar-refractivity contribution in [2.45, 2.75) is 20.0 Å². The van der Waals surface area contributed by atoms with E-state index in [0.717, 1.165) is 23.4 Å². The van der Waals surface area contributed by atoms with Gasteiger partial charge in [-0.05, 0) is 37.3 Å². The number of amides is 1. The number of aryl methyl sites for hydroxylation is 1. The molecule has 3 rings (SSSR count). The van der Waals surface area contributed by atoms with Crippen LogP contribution in [0.4, 0.5) is 4.39 Å². The minimum Gasteiger partial charge on any atom is -0.345 e. The number of rotatable bonds is 4. The second kappa shape index (κ2) is 6.50. The van der Waals surface area contributed by atoms with Crippen molar-refractivity contribution in [3.63, 3.8) is 0 Å². The predicted octanol–water partition coefficient (Wildman–Crippen LogP) is 3.89. The van der Waals surface area contributed by atoms with Crippen LogP contribution in [0.2, 0.25) is 0 Å². The lowest BCUT2D eigenvalue weighted by Gasteiger charge is -2.08. The quantitative estimate of drug-likeness (QED) is 0.751. The SMILES string of the molecule is CCn1c(CNC(=O)c2ccc(Br)cc2F)nc2ccccc21. The monoisotopic (exact) mass is 375 g/mol. The molecule has 118 valence electrons. The number of para-hydroxylation sites is 2. The van der Waals surface area contributed by atoms with Crippen LogP contribution in [0.3, 0.4) is 0 Å². The molecule has 0 saturated carbocycles. The van der Waals surface area contributed by atoms with Gasteiger partial charge in [-0.2, -0.15) is 0 Å². The number of fused-ring (bicyclic) bond motifs is 1. The summed E-state index contributed by atoms with van der Waals surface area (Å²) in [7, 11) is 0. The largest absolute Gasteiger partial charge is 0.345 e. The summed E-state index contributed by atoms with van der Waals surface area (Å²) in [5.74, 6) is -0.259. The smallest absolute Gasteiger partial charge is 0.254 e. The maximum absolute atomic E-state index is 13.8. The second-order valence-electron chi connectivity index (χ2n) is 5.07. The summed E-state index contributed by atoms with van der Waals surface area (Å²) in [6, 6.07) is 12.2. The first-order chi connectivity index (χ1) is 11.1. The standard InChI is InChI=1S/C17H15BrFN3O/c1-2-22-15-6-4-3-5-14(15)21-16(22)10-20-17(23)12-8-7-11(18)9-13(12)19/h3-9H,2,10H2,1H3,(H,20,23). The molecule has 0 aliphatic heterocycles. The first kappa shape index (κ1) is 15.7. The van der Waals surface area contributed by atoms with Crippen LogP contribution < -0.4 is 5.32 Å². The molecule has 4 nitrogen and oxygen atoms in total. The maximum Gasteiger partial charge on any atom is 0.254 e. The second-order valence-corrected chi connectivity index (χ2v) is 5.98. The summed E-state index contributed by atoms with van der Waals surface area (Å²) in [5, 5.41) is 2.73. The van der Waals surface area contributed by atoms with E-state index in [1.165, 1.54) is 12.1 Å². The van der Waals surface area contributed by atoms with Gasteiger partial charge in [-0.1, -0.05) is 28.1 Å². The molecule has 1 amide bonds. The summed E-state index contributed by atoms with van der Waals surface area (Å²) in [5.41, 5.74) is 1.93. The number of hydrogen-bond donors (Lipinski definition) is 1. The molecule has 0 saturated heterocycles. The summed E-state index contributed by atoms with van der Waals surface area (Å²) < 4.78 is 16.5. The Labute approximate surface area is 141 Å². The fraction of sp³-hybridized carbons (Fsp3) is 0.176. The van der Waals surface area contributed by atoms with E-state index in [-0.39, 0.29) is 12.1 Å². The van der Waals surface area contributed by atoms with Crippen molar-refractivity contribution in [2.24, 2.45) is 0 Å². The van der Waals surface area contributed by atoms with E-state index in [0.29, 0.717) is 4.47 Å². The highest BCUT2D eigenvalue weighted by molar-refractivity contribution is 9.10. The van der Waals surface area contributed by atoms with Gasteiger partial charge in [0.15, 0.2) is 0 Å². The third-order valence-electron chi connectivity index (χ3n) is 3.63. The van der Waals surface area contributed by atoms with E-state index < -0.39 is 11.7 Å². The van der Waals surface area contributed by atoms with Crippen LogP contribution >= 0.6 is 15.9 Å². The van der Waals surface area contributed by atoms with Gasteiger partial charge in [-0.25, -0.2) is 9.37 Å². The zero-order chi connectivity index (χ0) is 16.4. The zero-order valence-electron chi connectivity index (χ0n) is 12.5. The normalized spacial score (nSPS) is 10.9. The number of carbonyl (C=O) groups is 1. The summed E-state index contributed by atoms with van der Waals surface area (Å²) in [6.07, 6.45) is 0. The van der Waals surface area contributed by atoms with E-state index in [1.54, 1.807) is 6.07 Å². The van der Waals surface area contributed by atoms with Crippen LogP contribution in [0.15, 0.2) is 46.9 Å². The lowest BCUT2D eigenvalue weighted by Crippen LogP contribution is -2.25. The van der Waals surface area contributed by atoms with Gasteiger partial charge in [0.1, 0.15) is 11.6 Å². The minimum absolute atomic E-state index is 0.0207. The summed E-state index contributed by atoms with van der Waals surface area (Å²) in [6.45, 7) is 3.02. The molecule has 0 radical (unpaired) electrons. The summed E-state index contributed by atoms with van der Waals surface area (Å²) in [4.78, 5) is 16.7. The minimum atomic E-state index is -0.555. The van der Waals surface area contributed by atoms with E-state index >= 15 is 0 Å². The molecule has 0 bridgehead atoms. The Kier molecular flexibility index (Phi) is 4.43. The highest BCUT2D eigenvalue weighted by Crippen LogP contribution is 2.17. The molecule has 0 unspecified atom stereocenters. The molecule has 0 atom stereocenters. The Morgan fingerprint density at radius 3 is 2.83 bits per heavy atom. The molecule has 6 heteroatoms. The Bertz CT molecular complexity index is 875. The van der Waals surface area contributed by atoms with Crippen LogP contribution in [0, 0.1) is 5.82 Å². The van der Waals surface area contributed by atoms with Crippen LogP contribution in [-0.4, -0.2) is 15.5 Å². The lowest BCUT2D eigenvalue weighted by molar-refractivity contribution is 0.0945. The van der Waals surface area contributed by atoms with Gasteiger partial charge in [0, 0.05) is 11.0 Å². The van der Waals surface area contributed by atoms with Gasteiger partial charge < -0.3 is 9.88 Å². The van der Waals surface area contributed by atoms with Crippen molar-refractivity contribution in [3.05, 3.63) is 64.1 Å². The number of imidazole rings is 1. The first-order valence-electron chi connectivity index (χ1n) is 7.27. The third-order valence-corrected chi connectivity index (χ3v) is 4.13. The molecule has 1 aromatic heterocycles. The van der Waals surface area contributed by atoms with Crippen LogP contribution in [0.5, 0.6) is 0 Å². The molecular formula is C17H15BrFN3O. The van der Waals surface area contributed by atoms with Crippen molar-refractivity contribution in [1.82, 2.24) is 14.9 Å². The van der Waals surface area contributed by atoms with E-state index in [9.17, 15) is 9.18 Å². The van der Waals surface area contributed by atoms with Crippen LogP contribution in [0.25, 0.3) is 11.0 Å². The van der Waals surface area contributed by atoms with Crippen molar-refractivity contribution in [1.29, 1.82) is 0 Å².